The number of benzene rings is 1. The van der Waals surface area contributed by atoms with Gasteiger partial charge in [0.1, 0.15) is 0 Å². The van der Waals surface area contributed by atoms with Gasteiger partial charge in [-0.3, -0.25) is 0 Å². The summed E-state index contributed by atoms with van der Waals surface area (Å²) in [5, 5.41) is 10.8. The number of hydrogen-bond donors (Lipinski definition) is 1. The first kappa shape index (κ1) is 10.7. The van der Waals surface area contributed by atoms with Crippen LogP contribution in [-0.4, -0.2) is 17.1 Å². The predicted octanol–water partition coefficient (Wildman–Crippen LogP) is 3.02. The van der Waals surface area contributed by atoms with Crippen molar-refractivity contribution in [2.45, 2.75) is 12.6 Å². The molecule has 1 aromatic carbocycles. The van der Waals surface area contributed by atoms with Crippen LogP contribution in [0.1, 0.15) is 11.1 Å². The third-order valence-corrected chi connectivity index (χ3v) is 2.44. The van der Waals surface area contributed by atoms with E-state index in [9.17, 15) is 13.2 Å². The van der Waals surface area contributed by atoms with E-state index in [1.54, 1.807) is 24.3 Å². The largest absolute Gasteiger partial charge is 0.436 e. The molecule has 2 rings (SSSR count). The third kappa shape index (κ3) is 1.80. The van der Waals surface area contributed by atoms with Gasteiger partial charge in [0.2, 0.25) is 0 Å². The second-order valence-electron chi connectivity index (χ2n) is 3.49. The molecule has 0 fully saturated rings. The van der Waals surface area contributed by atoms with Gasteiger partial charge in [-0.1, -0.05) is 29.4 Å². The van der Waals surface area contributed by atoms with Gasteiger partial charge >= 0.3 is 6.18 Å². The second-order valence-corrected chi connectivity index (χ2v) is 3.49. The average molecular weight is 227 g/mol. The van der Waals surface area contributed by atoms with Crippen LogP contribution in [0, 0.1) is 0 Å². The molecule has 1 N–H and O–H groups in total. The fourth-order valence-corrected chi connectivity index (χ4v) is 1.73. The van der Waals surface area contributed by atoms with Gasteiger partial charge in [-0.05, 0) is 22.8 Å². The second kappa shape index (κ2) is 3.66. The van der Waals surface area contributed by atoms with Crippen molar-refractivity contribution in [2.24, 2.45) is 5.16 Å². The molecule has 0 aliphatic heterocycles. The van der Waals surface area contributed by atoms with Crippen molar-refractivity contribution in [3.63, 3.8) is 0 Å². The number of fused-ring (bicyclic) bond motifs is 1. The lowest BCUT2D eigenvalue weighted by molar-refractivity contribution is -0.0603. The maximum atomic E-state index is 12.5. The Hall–Kier alpha value is -1.78. The maximum absolute atomic E-state index is 12.5. The van der Waals surface area contributed by atoms with Gasteiger partial charge in [0.15, 0.2) is 5.71 Å². The molecule has 1 aliphatic rings. The van der Waals surface area contributed by atoms with Gasteiger partial charge < -0.3 is 5.21 Å². The number of oxime groups is 1. The lowest BCUT2D eigenvalue weighted by atomic mass is 10.1. The van der Waals surface area contributed by atoms with E-state index in [-0.39, 0.29) is 12.0 Å². The smallest absolute Gasteiger partial charge is 0.410 e. The Morgan fingerprint density at radius 2 is 1.94 bits per heavy atom. The van der Waals surface area contributed by atoms with Gasteiger partial charge in [-0.25, -0.2) is 0 Å². The maximum Gasteiger partial charge on any atom is 0.436 e. The van der Waals surface area contributed by atoms with E-state index < -0.39 is 11.9 Å². The molecule has 0 spiro atoms. The zero-order chi connectivity index (χ0) is 11.8. The Balaban J connectivity index is 2.35. The first-order valence-corrected chi connectivity index (χ1v) is 4.60. The summed E-state index contributed by atoms with van der Waals surface area (Å²) in [7, 11) is 0. The highest BCUT2D eigenvalue weighted by molar-refractivity contribution is 6.08. The summed E-state index contributed by atoms with van der Waals surface area (Å²) >= 11 is 0. The van der Waals surface area contributed by atoms with E-state index in [1.807, 2.05) is 0 Å². The van der Waals surface area contributed by atoms with Crippen LogP contribution in [0.25, 0.3) is 6.08 Å². The Labute approximate surface area is 89.7 Å². The molecule has 0 saturated carbocycles. The molecule has 5 heteroatoms. The topological polar surface area (TPSA) is 32.6 Å². The summed E-state index contributed by atoms with van der Waals surface area (Å²) in [5.74, 6) is 0. The van der Waals surface area contributed by atoms with Crippen LogP contribution in [0.4, 0.5) is 13.2 Å². The van der Waals surface area contributed by atoms with Crippen molar-refractivity contribution in [1.29, 1.82) is 0 Å². The average Bonchev–Trinajstić information content (AvgIpc) is 2.59. The van der Waals surface area contributed by atoms with Crippen LogP contribution < -0.4 is 0 Å². The van der Waals surface area contributed by atoms with E-state index in [1.165, 1.54) is 6.08 Å². The minimum absolute atomic E-state index is 0.00352. The molecule has 0 unspecified atom stereocenters. The van der Waals surface area contributed by atoms with Crippen molar-refractivity contribution in [1.82, 2.24) is 0 Å². The molecule has 0 saturated heterocycles. The Morgan fingerprint density at radius 3 is 2.50 bits per heavy atom. The lowest BCUT2D eigenvalue weighted by Gasteiger charge is -2.08. The van der Waals surface area contributed by atoms with Crippen LogP contribution >= 0.6 is 0 Å². The molecule has 0 amide bonds. The van der Waals surface area contributed by atoms with Crippen molar-refractivity contribution in [3.05, 3.63) is 41.0 Å². The number of allylic oxidation sites excluding steroid dienone is 1. The number of hydrogen-bond acceptors (Lipinski definition) is 2. The SMILES string of the molecule is ON=C(C1=Cc2ccccc2C1)C(F)(F)F. The van der Waals surface area contributed by atoms with Crippen LogP contribution in [0.3, 0.4) is 0 Å². The molecule has 1 aromatic rings. The predicted molar refractivity (Wildman–Crippen MR) is 53.4 cm³/mol. The minimum atomic E-state index is -4.62. The first-order valence-electron chi connectivity index (χ1n) is 4.60. The van der Waals surface area contributed by atoms with Crippen molar-refractivity contribution in [3.8, 4) is 0 Å². The standard InChI is InChI=1S/C11H8F3NO/c12-11(13,14)10(15-16)9-5-7-3-1-2-4-8(7)6-9/h1-5,16H,6H2. The number of rotatable bonds is 1. The summed E-state index contributed by atoms with van der Waals surface area (Å²) in [6, 6.07) is 7.00. The van der Waals surface area contributed by atoms with Gasteiger partial charge in [0.25, 0.3) is 0 Å². The molecular weight excluding hydrogens is 219 g/mol. The zero-order valence-corrected chi connectivity index (χ0v) is 8.12. The zero-order valence-electron chi connectivity index (χ0n) is 8.12. The molecule has 0 atom stereocenters. The highest BCUT2D eigenvalue weighted by Gasteiger charge is 2.39. The number of nitrogens with zero attached hydrogens (tertiary/aromatic N) is 1. The quantitative estimate of drug-likeness (QED) is 0.446. The Kier molecular flexibility index (Phi) is 2.46. The van der Waals surface area contributed by atoms with Crippen LogP contribution in [0.2, 0.25) is 0 Å². The summed E-state index contributed by atoms with van der Waals surface area (Å²) in [6.07, 6.45) is -3.07. The Bertz CT molecular complexity index is 474. The number of alkyl halides is 3. The van der Waals surface area contributed by atoms with Gasteiger partial charge in [0, 0.05) is 6.42 Å². The van der Waals surface area contributed by atoms with Crippen molar-refractivity contribution in [2.75, 3.05) is 0 Å². The first-order chi connectivity index (χ1) is 7.52. The normalized spacial score (nSPS) is 15.9. The monoisotopic (exact) mass is 227 g/mol. The molecule has 16 heavy (non-hydrogen) atoms. The molecule has 0 bridgehead atoms. The van der Waals surface area contributed by atoms with Gasteiger partial charge in [0.05, 0.1) is 0 Å². The molecule has 0 radical (unpaired) electrons. The van der Waals surface area contributed by atoms with Gasteiger partial charge in [-0.15, -0.1) is 0 Å². The molecule has 1 aliphatic carbocycles. The van der Waals surface area contributed by atoms with E-state index >= 15 is 0 Å². The third-order valence-electron chi connectivity index (χ3n) is 2.44. The summed E-state index contributed by atoms with van der Waals surface area (Å²) in [4.78, 5) is 0. The van der Waals surface area contributed by atoms with Crippen molar-refractivity contribution < 1.29 is 18.4 Å². The summed E-state index contributed by atoms with van der Waals surface area (Å²) in [6.45, 7) is 0. The molecule has 0 heterocycles. The molecule has 2 nitrogen and oxygen atoms in total. The highest BCUT2D eigenvalue weighted by atomic mass is 19.4. The van der Waals surface area contributed by atoms with Crippen molar-refractivity contribution >= 4 is 11.8 Å². The van der Waals surface area contributed by atoms with Crippen LogP contribution in [0.15, 0.2) is 35.0 Å². The van der Waals surface area contributed by atoms with Crippen LogP contribution in [0.5, 0.6) is 0 Å². The molecular formula is C11H8F3NO. The van der Waals surface area contributed by atoms with E-state index in [4.69, 9.17) is 5.21 Å². The molecule has 0 aromatic heterocycles. The molecule has 84 valence electrons. The Morgan fingerprint density at radius 1 is 1.25 bits per heavy atom. The van der Waals surface area contributed by atoms with E-state index in [2.05, 4.69) is 5.16 Å². The number of halogens is 3. The van der Waals surface area contributed by atoms with E-state index in [0.29, 0.717) is 0 Å². The summed E-state index contributed by atoms with van der Waals surface area (Å²) < 4.78 is 37.4. The van der Waals surface area contributed by atoms with Crippen LogP contribution in [-0.2, 0) is 6.42 Å². The minimum Gasteiger partial charge on any atom is -0.410 e. The van der Waals surface area contributed by atoms with Gasteiger partial charge in [-0.2, -0.15) is 13.2 Å². The van der Waals surface area contributed by atoms with E-state index in [0.717, 1.165) is 11.1 Å². The lowest BCUT2D eigenvalue weighted by Crippen LogP contribution is -2.25. The fourth-order valence-electron chi connectivity index (χ4n) is 1.73. The highest BCUT2D eigenvalue weighted by Crippen LogP contribution is 2.31. The summed E-state index contributed by atoms with van der Waals surface area (Å²) in [5.41, 5.74) is 0.325. The fraction of sp³-hybridized carbons (Fsp3) is 0.182.